The number of amides is 1. The monoisotopic (exact) mass is 412 g/mol. The highest BCUT2D eigenvalue weighted by atomic mass is 16.5. The highest BCUT2D eigenvalue weighted by Crippen LogP contribution is 2.56. The van der Waals surface area contributed by atoms with Gasteiger partial charge in [0, 0.05) is 29.3 Å². The third-order valence-corrected chi connectivity index (χ3v) is 6.73. The van der Waals surface area contributed by atoms with Gasteiger partial charge in [-0.2, -0.15) is 0 Å². The molecule has 1 saturated heterocycles. The molecule has 3 aromatic carbocycles. The number of nitrogens with one attached hydrogen (secondary N) is 1. The fourth-order valence-corrected chi connectivity index (χ4v) is 5.33. The number of likely N-dealkylation sites (tertiary alicyclic amines) is 1. The minimum atomic E-state index is -1.10. The van der Waals surface area contributed by atoms with E-state index < -0.39 is 11.5 Å². The minimum absolute atomic E-state index is 0.0235. The van der Waals surface area contributed by atoms with Gasteiger partial charge in [-0.05, 0) is 30.8 Å². The van der Waals surface area contributed by atoms with Crippen LogP contribution >= 0.6 is 0 Å². The molecule has 0 aromatic heterocycles. The van der Waals surface area contributed by atoms with Crippen molar-refractivity contribution < 1.29 is 14.3 Å². The lowest BCUT2D eigenvalue weighted by Crippen LogP contribution is -2.51. The zero-order valence-electron chi connectivity index (χ0n) is 17.5. The molecule has 5 heteroatoms. The number of hydrogen-bond donors (Lipinski definition) is 1. The third kappa shape index (κ3) is 2.81. The summed E-state index contributed by atoms with van der Waals surface area (Å²) >= 11 is 0. The second-order valence-electron chi connectivity index (χ2n) is 8.24. The molecule has 1 spiro atoms. The number of anilines is 1. The van der Waals surface area contributed by atoms with Gasteiger partial charge < -0.3 is 10.1 Å². The van der Waals surface area contributed by atoms with E-state index in [1.165, 1.54) is 0 Å². The highest BCUT2D eigenvalue weighted by Gasteiger charge is 2.64. The first-order chi connectivity index (χ1) is 15.1. The van der Waals surface area contributed by atoms with E-state index in [1.807, 2.05) is 90.8 Å². The molecule has 1 unspecified atom stereocenters. The third-order valence-electron chi connectivity index (χ3n) is 6.73. The second kappa shape index (κ2) is 7.36. The fraction of sp³-hybridized carbons (Fsp3) is 0.231. The Morgan fingerprint density at radius 1 is 1.03 bits per heavy atom. The zero-order valence-corrected chi connectivity index (χ0v) is 17.5. The molecule has 2 heterocycles. The molecular weight excluding hydrogens is 388 g/mol. The van der Waals surface area contributed by atoms with Gasteiger partial charge in [0.2, 0.25) is 5.91 Å². The Bertz CT molecular complexity index is 1150. The first-order valence-corrected chi connectivity index (χ1v) is 10.4. The van der Waals surface area contributed by atoms with Crippen LogP contribution in [0.1, 0.15) is 27.4 Å². The number of nitrogens with zero attached hydrogens (tertiary/aromatic N) is 1. The molecule has 31 heavy (non-hydrogen) atoms. The molecular formula is C26H24N2O3. The Kier molecular flexibility index (Phi) is 4.63. The molecule has 1 N–H and O–H groups in total. The molecule has 0 radical (unpaired) electrons. The molecule has 5 nitrogen and oxygen atoms in total. The number of methoxy groups -OCH3 is 1. The molecule has 0 aliphatic carbocycles. The Morgan fingerprint density at radius 3 is 2.39 bits per heavy atom. The summed E-state index contributed by atoms with van der Waals surface area (Å²) in [5.74, 6) is -0.217. The van der Waals surface area contributed by atoms with Crippen molar-refractivity contribution in [2.24, 2.45) is 5.92 Å². The highest BCUT2D eigenvalue weighted by molar-refractivity contribution is 6.12. The largest absolute Gasteiger partial charge is 0.497 e. The molecule has 0 saturated carbocycles. The summed E-state index contributed by atoms with van der Waals surface area (Å²) < 4.78 is 5.46. The van der Waals surface area contributed by atoms with E-state index in [0.717, 1.165) is 16.8 Å². The Labute approximate surface area is 181 Å². The summed E-state index contributed by atoms with van der Waals surface area (Å²) in [5, 5.41) is 3.03. The quantitative estimate of drug-likeness (QED) is 0.657. The fourth-order valence-electron chi connectivity index (χ4n) is 5.33. The van der Waals surface area contributed by atoms with Crippen molar-refractivity contribution in [2.45, 2.75) is 11.5 Å². The van der Waals surface area contributed by atoms with Crippen LogP contribution in [0.4, 0.5) is 5.69 Å². The number of carbonyl (C=O) groups is 2. The van der Waals surface area contributed by atoms with Crippen LogP contribution < -0.4 is 10.1 Å². The first kappa shape index (κ1) is 19.5. The van der Waals surface area contributed by atoms with E-state index in [9.17, 15) is 9.59 Å². The van der Waals surface area contributed by atoms with Crippen molar-refractivity contribution in [1.29, 1.82) is 0 Å². The van der Waals surface area contributed by atoms with E-state index in [0.29, 0.717) is 17.9 Å². The lowest BCUT2D eigenvalue weighted by atomic mass is 9.70. The number of ketones is 1. The molecule has 1 amide bonds. The van der Waals surface area contributed by atoms with E-state index in [1.54, 1.807) is 7.11 Å². The standard InChI is InChI=1S/C26H24N2O3/c1-28-16-20(17-9-5-3-6-10-17)23(24(29)18-11-7-4-8-12-18)26(28)21-15-19(31-2)13-14-22(21)27-25(26)30/h3-15,20,23H,16H2,1-2H3,(H,27,30)/t20-,23?,26-/m1/s1. The van der Waals surface area contributed by atoms with E-state index >= 15 is 0 Å². The van der Waals surface area contributed by atoms with Gasteiger partial charge in [0.1, 0.15) is 11.3 Å². The van der Waals surface area contributed by atoms with Crippen LogP contribution in [-0.2, 0) is 10.3 Å². The van der Waals surface area contributed by atoms with Gasteiger partial charge in [0.05, 0.1) is 13.0 Å². The molecule has 156 valence electrons. The van der Waals surface area contributed by atoms with Crippen molar-refractivity contribution in [1.82, 2.24) is 4.90 Å². The van der Waals surface area contributed by atoms with Crippen molar-refractivity contribution >= 4 is 17.4 Å². The van der Waals surface area contributed by atoms with Crippen molar-refractivity contribution in [3.8, 4) is 5.75 Å². The van der Waals surface area contributed by atoms with Crippen molar-refractivity contribution in [2.75, 3.05) is 26.0 Å². The molecule has 5 rings (SSSR count). The summed E-state index contributed by atoms with van der Waals surface area (Å²) in [6.07, 6.45) is 0. The summed E-state index contributed by atoms with van der Waals surface area (Å²) in [5.41, 5.74) is 2.11. The van der Waals surface area contributed by atoms with Crippen LogP contribution in [-0.4, -0.2) is 37.3 Å². The normalized spacial score (nSPS) is 24.8. The first-order valence-electron chi connectivity index (χ1n) is 10.4. The number of hydrogen-bond acceptors (Lipinski definition) is 4. The van der Waals surface area contributed by atoms with Crippen LogP contribution in [0.25, 0.3) is 0 Å². The van der Waals surface area contributed by atoms with Gasteiger partial charge in [0.25, 0.3) is 0 Å². The van der Waals surface area contributed by atoms with Crippen LogP contribution in [0.5, 0.6) is 5.75 Å². The number of rotatable bonds is 4. The van der Waals surface area contributed by atoms with Crippen molar-refractivity contribution in [3.05, 3.63) is 95.6 Å². The summed E-state index contributed by atoms with van der Waals surface area (Å²) in [7, 11) is 3.54. The number of likely N-dealkylation sites (N-methyl/N-ethyl adjacent to an activating group) is 1. The maximum Gasteiger partial charge on any atom is 0.250 e. The van der Waals surface area contributed by atoms with E-state index in [-0.39, 0.29) is 17.6 Å². The molecule has 2 aliphatic heterocycles. The average molecular weight is 412 g/mol. The smallest absolute Gasteiger partial charge is 0.250 e. The molecule has 3 atom stereocenters. The Morgan fingerprint density at radius 2 is 1.71 bits per heavy atom. The van der Waals surface area contributed by atoms with Crippen LogP contribution in [0.3, 0.4) is 0 Å². The average Bonchev–Trinajstić information content (AvgIpc) is 3.29. The predicted octanol–water partition coefficient (Wildman–Crippen LogP) is 4.07. The van der Waals surface area contributed by atoms with Gasteiger partial charge >= 0.3 is 0 Å². The Balaban J connectivity index is 1.74. The lowest BCUT2D eigenvalue weighted by Gasteiger charge is -2.35. The zero-order chi connectivity index (χ0) is 21.6. The van der Waals surface area contributed by atoms with Gasteiger partial charge in [0.15, 0.2) is 5.78 Å². The summed E-state index contributed by atoms with van der Waals surface area (Å²) in [6.45, 7) is 0.595. The topological polar surface area (TPSA) is 58.6 Å². The van der Waals surface area contributed by atoms with Crippen molar-refractivity contribution in [3.63, 3.8) is 0 Å². The maximum absolute atomic E-state index is 14.0. The second-order valence-corrected chi connectivity index (χ2v) is 8.24. The van der Waals surface area contributed by atoms with Crippen LogP contribution in [0.15, 0.2) is 78.9 Å². The summed E-state index contributed by atoms with van der Waals surface area (Å²) in [6, 6.07) is 24.9. The minimum Gasteiger partial charge on any atom is -0.497 e. The number of ether oxygens (including phenoxy) is 1. The summed E-state index contributed by atoms with van der Waals surface area (Å²) in [4.78, 5) is 29.7. The molecule has 3 aromatic rings. The SMILES string of the molecule is COc1ccc2c(c1)[C@]1(C(=O)N2)C(C(=O)c2ccccc2)[C@@H](c2ccccc2)CN1C. The number of benzene rings is 3. The Hall–Kier alpha value is -3.44. The number of fused-ring (bicyclic) bond motifs is 2. The predicted molar refractivity (Wildman–Crippen MR) is 119 cm³/mol. The van der Waals surface area contributed by atoms with E-state index in [4.69, 9.17) is 4.74 Å². The van der Waals surface area contributed by atoms with Gasteiger partial charge in [-0.3, -0.25) is 14.5 Å². The van der Waals surface area contributed by atoms with Crippen LogP contribution in [0.2, 0.25) is 0 Å². The molecule has 1 fully saturated rings. The maximum atomic E-state index is 14.0. The van der Waals surface area contributed by atoms with Gasteiger partial charge in [-0.25, -0.2) is 0 Å². The molecule has 0 bridgehead atoms. The van der Waals surface area contributed by atoms with Crippen LogP contribution in [0, 0.1) is 5.92 Å². The van der Waals surface area contributed by atoms with E-state index in [2.05, 4.69) is 5.32 Å². The van der Waals surface area contributed by atoms with Gasteiger partial charge in [-0.1, -0.05) is 60.7 Å². The number of Topliss-reactive ketones (excluding diaryl/α,β-unsaturated/α-hetero) is 1. The lowest BCUT2D eigenvalue weighted by molar-refractivity contribution is -0.126. The van der Waals surface area contributed by atoms with Gasteiger partial charge in [-0.15, -0.1) is 0 Å². The number of carbonyl (C=O) groups excluding carboxylic acids is 2. The molecule has 2 aliphatic rings.